The highest BCUT2D eigenvalue weighted by Gasteiger charge is 2.34. The van der Waals surface area contributed by atoms with E-state index in [4.69, 9.17) is 0 Å². The zero-order valence-electron chi connectivity index (χ0n) is 11.2. The number of hydrogen-bond acceptors (Lipinski definition) is 2. The Morgan fingerprint density at radius 2 is 1.90 bits per heavy atom. The highest BCUT2D eigenvalue weighted by Crippen LogP contribution is 2.31. The molecular formula is C14H15F3N2O. The van der Waals surface area contributed by atoms with E-state index in [0.29, 0.717) is 6.54 Å². The van der Waals surface area contributed by atoms with Gasteiger partial charge < -0.3 is 5.32 Å². The Hall–Kier alpha value is -2.00. The summed E-state index contributed by atoms with van der Waals surface area (Å²) in [4.78, 5) is 13.6. The van der Waals surface area contributed by atoms with Gasteiger partial charge in [0.2, 0.25) is 0 Å². The summed E-state index contributed by atoms with van der Waals surface area (Å²) in [5.74, 6) is 4.67. The summed E-state index contributed by atoms with van der Waals surface area (Å²) < 4.78 is 38.2. The summed E-state index contributed by atoms with van der Waals surface area (Å²) in [6.07, 6.45) is -4.55. The predicted octanol–water partition coefficient (Wildman–Crippen LogP) is 2.00. The molecule has 0 fully saturated rings. The third kappa shape index (κ3) is 4.94. The number of benzene rings is 1. The molecule has 1 aromatic carbocycles. The fourth-order valence-corrected chi connectivity index (χ4v) is 1.42. The van der Waals surface area contributed by atoms with Crippen molar-refractivity contribution in [1.82, 2.24) is 10.2 Å². The second-order valence-corrected chi connectivity index (χ2v) is 4.32. The van der Waals surface area contributed by atoms with Crippen molar-refractivity contribution in [3.05, 3.63) is 35.4 Å². The molecule has 3 nitrogen and oxygen atoms in total. The van der Waals surface area contributed by atoms with Crippen LogP contribution in [-0.2, 0) is 6.18 Å². The van der Waals surface area contributed by atoms with Crippen LogP contribution in [0.1, 0.15) is 15.9 Å². The van der Waals surface area contributed by atoms with Gasteiger partial charge in [-0.2, -0.15) is 13.2 Å². The van der Waals surface area contributed by atoms with Gasteiger partial charge in [-0.05, 0) is 26.2 Å². The maximum atomic E-state index is 12.7. The minimum Gasteiger partial charge on any atom is -0.341 e. The van der Waals surface area contributed by atoms with E-state index in [1.807, 2.05) is 19.0 Å². The first kappa shape index (κ1) is 16.1. The molecule has 6 heteroatoms. The molecule has 0 unspecified atom stereocenters. The molecule has 1 aromatic rings. The van der Waals surface area contributed by atoms with E-state index in [9.17, 15) is 18.0 Å². The van der Waals surface area contributed by atoms with E-state index < -0.39 is 23.2 Å². The quantitative estimate of drug-likeness (QED) is 0.861. The third-order valence-corrected chi connectivity index (χ3v) is 2.33. The number of carbonyl (C=O) groups excluding carboxylic acids is 1. The molecule has 0 aliphatic carbocycles. The zero-order valence-corrected chi connectivity index (χ0v) is 11.2. The first-order chi connectivity index (χ1) is 9.32. The van der Waals surface area contributed by atoms with Crippen LogP contribution in [0.15, 0.2) is 24.3 Å². The normalized spacial score (nSPS) is 10.9. The highest BCUT2D eigenvalue weighted by molar-refractivity contribution is 5.96. The van der Waals surface area contributed by atoms with Crippen molar-refractivity contribution in [2.75, 3.05) is 27.2 Å². The van der Waals surface area contributed by atoms with Crippen LogP contribution in [0.25, 0.3) is 0 Å². The van der Waals surface area contributed by atoms with Gasteiger partial charge in [0.05, 0.1) is 24.2 Å². The molecule has 0 radical (unpaired) electrons. The topological polar surface area (TPSA) is 32.3 Å². The van der Waals surface area contributed by atoms with Crippen molar-refractivity contribution >= 4 is 5.91 Å². The number of amides is 1. The molecule has 0 heterocycles. The van der Waals surface area contributed by atoms with Crippen molar-refractivity contribution in [3.8, 4) is 11.8 Å². The molecule has 0 saturated heterocycles. The van der Waals surface area contributed by atoms with Crippen LogP contribution < -0.4 is 5.32 Å². The summed E-state index contributed by atoms with van der Waals surface area (Å²) in [6, 6.07) is 4.66. The zero-order chi connectivity index (χ0) is 15.2. The van der Waals surface area contributed by atoms with Gasteiger partial charge in [0.1, 0.15) is 0 Å². The smallest absolute Gasteiger partial charge is 0.341 e. The van der Waals surface area contributed by atoms with Gasteiger partial charge in [0, 0.05) is 0 Å². The molecule has 1 N–H and O–H groups in total. The Morgan fingerprint density at radius 3 is 2.50 bits per heavy atom. The molecule has 1 amide bonds. The highest BCUT2D eigenvalue weighted by atomic mass is 19.4. The molecule has 0 aromatic heterocycles. The fraction of sp³-hybridized carbons (Fsp3) is 0.357. The number of nitrogens with zero attached hydrogens (tertiary/aromatic N) is 1. The molecule has 108 valence electrons. The number of alkyl halides is 3. The number of hydrogen-bond donors (Lipinski definition) is 1. The SMILES string of the molecule is CN(C)CC#CCNC(=O)c1ccccc1C(F)(F)F. The average Bonchev–Trinajstić information content (AvgIpc) is 2.36. The second kappa shape index (κ2) is 6.96. The van der Waals surface area contributed by atoms with E-state index in [2.05, 4.69) is 17.2 Å². The van der Waals surface area contributed by atoms with Crippen LogP contribution in [0.2, 0.25) is 0 Å². The standard InChI is InChI=1S/C14H15F3N2O/c1-19(2)10-6-5-9-18-13(20)11-7-3-4-8-12(11)14(15,16)17/h3-4,7-8H,9-10H2,1-2H3,(H,18,20). The van der Waals surface area contributed by atoms with Crippen molar-refractivity contribution in [1.29, 1.82) is 0 Å². The molecule has 0 aliphatic heterocycles. The maximum absolute atomic E-state index is 12.7. The Kier molecular flexibility index (Phi) is 5.59. The van der Waals surface area contributed by atoms with E-state index in [1.54, 1.807) is 0 Å². The number of nitrogens with one attached hydrogen (secondary N) is 1. The molecular weight excluding hydrogens is 269 g/mol. The van der Waals surface area contributed by atoms with Gasteiger partial charge in [-0.3, -0.25) is 9.69 Å². The van der Waals surface area contributed by atoms with Crippen LogP contribution in [-0.4, -0.2) is 38.0 Å². The van der Waals surface area contributed by atoms with Crippen molar-refractivity contribution in [3.63, 3.8) is 0 Å². The molecule has 0 bridgehead atoms. The van der Waals surface area contributed by atoms with Crippen LogP contribution in [0.4, 0.5) is 13.2 Å². The lowest BCUT2D eigenvalue weighted by Crippen LogP contribution is -2.26. The van der Waals surface area contributed by atoms with Gasteiger partial charge in [-0.25, -0.2) is 0 Å². The summed E-state index contributed by atoms with van der Waals surface area (Å²) in [6.45, 7) is 0.536. The maximum Gasteiger partial charge on any atom is 0.417 e. The Labute approximate surface area is 115 Å². The van der Waals surface area contributed by atoms with Gasteiger partial charge >= 0.3 is 6.18 Å². The summed E-state index contributed by atoms with van der Waals surface area (Å²) >= 11 is 0. The van der Waals surface area contributed by atoms with Gasteiger partial charge in [-0.1, -0.05) is 24.0 Å². The number of halogens is 3. The minimum absolute atomic E-state index is 0.0128. The molecule has 20 heavy (non-hydrogen) atoms. The predicted molar refractivity (Wildman–Crippen MR) is 70.1 cm³/mol. The summed E-state index contributed by atoms with van der Waals surface area (Å²) in [7, 11) is 3.68. The minimum atomic E-state index is -4.55. The van der Waals surface area contributed by atoms with Gasteiger partial charge in [-0.15, -0.1) is 0 Å². The summed E-state index contributed by atoms with van der Waals surface area (Å²) in [5, 5.41) is 2.35. The Bertz CT molecular complexity index is 527. The van der Waals surface area contributed by atoms with Crippen LogP contribution in [0, 0.1) is 11.8 Å². The molecule has 0 saturated carbocycles. The average molecular weight is 284 g/mol. The van der Waals surface area contributed by atoms with Crippen LogP contribution in [0.3, 0.4) is 0 Å². The van der Waals surface area contributed by atoms with Crippen molar-refractivity contribution in [2.45, 2.75) is 6.18 Å². The largest absolute Gasteiger partial charge is 0.417 e. The lowest BCUT2D eigenvalue weighted by molar-refractivity contribution is -0.137. The Balaban J connectivity index is 2.71. The second-order valence-electron chi connectivity index (χ2n) is 4.32. The van der Waals surface area contributed by atoms with Crippen LogP contribution in [0.5, 0.6) is 0 Å². The van der Waals surface area contributed by atoms with E-state index in [-0.39, 0.29) is 6.54 Å². The van der Waals surface area contributed by atoms with Gasteiger partial charge in [0.15, 0.2) is 0 Å². The summed E-state index contributed by atoms with van der Waals surface area (Å²) in [5.41, 5.74) is -1.34. The van der Waals surface area contributed by atoms with E-state index >= 15 is 0 Å². The first-order valence-electron chi connectivity index (χ1n) is 5.87. The van der Waals surface area contributed by atoms with Gasteiger partial charge in [0.25, 0.3) is 5.91 Å². The molecule has 0 atom stereocenters. The lowest BCUT2D eigenvalue weighted by Gasteiger charge is -2.11. The fourth-order valence-electron chi connectivity index (χ4n) is 1.42. The van der Waals surface area contributed by atoms with Crippen LogP contribution >= 0.6 is 0 Å². The van der Waals surface area contributed by atoms with E-state index in [1.165, 1.54) is 12.1 Å². The molecule has 1 rings (SSSR count). The third-order valence-electron chi connectivity index (χ3n) is 2.33. The first-order valence-corrected chi connectivity index (χ1v) is 5.87. The van der Waals surface area contributed by atoms with Crippen molar-refractivity contribution < 1.29 is 18.0 Å². The molecule has 0 spiro atoms. The Morgan fingerprint density at radius 1 is 1.25 bits per heavy atom. The van der Waals surface area contributed by atoms with Crippen molar-refractivity contribution in [2.24, 2.45) is 0 Å². The molecule has 0 aliphatic rings. The lowest BCUT2D eigenvalue weighted by atomic mass is 10.1. The number of rotatable bonds is 3. The number of carbonyl (C=O) groups is 1. The monoisotopic (exact) mass is 284 g/mol. The van der Waals surface area contributed by atoms with E-state index in [0.717, 1.165) is 12.1 Å².